The highest BCUT2D eigenvalue weighted by atomic mass is 19.1. The van der Waals surface area contributed by atoms with Crippen molar-refractivity contribution in [3.8, 4) is 0 Å². The third kappa shape index (κ3) is 4.82. The summed E-state index contributed by atoms with van der Waals surface area (Å²) >= 11 is 0. The Morgan fingerprint density at radius 2 is 1.37 bits per heavy atom. The number of aromatic nitrogens is 2. The third-order valence-electron chi connectivity index (χ3n) is 4.37. The van der Waals surface area contributed by atoms with Gasteiger partial charge >= 0.3 is 0 Å². The van der Waals surface area contributed by atoms with Crippen LogP contribution in [0.5, 0.6) is 0 Å². The minimum absolute atomic E-state index is 0.147. The molecule has 27 heavy (non-hydrogen) atoms. The minimum atomic E-state index is -0.494. The lowest BCUT2D eigenvalue weighted by Crippen LogP contribution is -2.04. The largest absolute Gasteiger partial charge is 0.338 e. The topological polar surface area (TPSA) is 49.8 Å². The van der Waals surface area contributed by atoms with Gasteiger partial charge in [0, 0.05) is 11.4 Å². The Labute approximate surface area is 159 Å². The van der Waals surface area contributed by atoms with Gasteiger partial charge in [0.25, 0.3) is 0 Å². The zero-order valence-corrected chi connectivity index (χ0v) is 16.1. The van der Waals surface area contributed by atoms with Crippen molar-refractivity contribution in [1.82, 2.24) is 9.97 Å². The van der Waals surface area contributed by atoms with Crippen molar-refractivity contribution in [2.24, 2.45) is 0 Å². The molecule has 3 rings (SSSR count). The van der Waals surface area contributed by atoms with E-state index in [9.17, 15) is 4.39 Å². The van der Waals surface area contributed by atoms with E-state index in [1.807, 2.05) is 30.3 Å². The quantitative estimate of drug-likeness (QED) is 0.535. The predicted octanol–water partition coefficient (Wildman–Crippen LogP) is 6.35. The van der Waals surface area contributed by atoms with E-state index in [2.05, 4.69) is 66.5 Å². The van der Waals surface area contributed by atoms with Crippen LogP contribution in [0.15, 0.2) is 54.7 Å². The van der Waals surface area contributed by atoms with Crippen molar-refractivity contribution in [1.29, 1.82) is 0 Å². The SMILES string of the molecule is CC(C)c1cccc(Nc2ncc(F)c(Nc3cccc(C(C)C)c3)n2)c1. The lowest BCUT2D eigenvalue weighted by molar-refractivity contribution is 0.619. The van der Waals surface area contributed by atoms with Gasteiger partial charge in [0.1, 0.15) is 0 Å². The molecule has 1 heterocycles. The van der Waals surface area contributed by atoms with Gasteiger partial charge in [-0.2, -0.15) is 4.98 Å². The number of hydrogen-bond acceptors (Lipinski definition) is 4. The van der Waals surface area contributed by atoms with Crippen LogP contribution in [0.4, 0.5) is 27.5 Å². The van der Waals surface area contributed by atoms with Gasteiger partial charge in [-0.1, -0.05) is 52.0 Å². The summed E-state index contributed by atoms with van der Waals surface area (Å²) in [7, 11) is 0. The number of halogens is 1. The normalized spacial score (nSPS) is 11.1. The highest BCUT2D eigenvalue weighted by Crippen LogP contribution is 2.24. The van der Waals surface area contributed by atoms with E-state index in [4.69, 9.17) is 0 Å². The molecule has 0 amide bonds. The van der Waals surface area contributed by atoms with E-state index in [1.165, 1.54) is 17.3 Å². The summed E-state index contributed by atoms with van der Waals surface area (Å²) in [6.45, 7) is 8.52. The van der Waals surface area contributed by atoms with Crippen molar-refractivity contribution >= 4 is 23.1 Å². The standard InChI is InChI=1S/C22H25FN4/c1-14(2)16-7-5-9-18(11-16)25-21-20(23)13-24-22(27-21)26-19-10-6-8-17(12-19)15(3)4/h5-15H,1-4H3,(H2,24,25,26,27). The molecule has 0 aliphatic carbocycles. The molecule has 0 unspecified atom stereocenters. The van der Waals surface area contributed by atoms with Crippen LogP contribution < -0.4 is 10.6 Å². The second-order valence-corrected chi connectivity index (χ2v) is 7.20. The predicted molar refractivity (Wildman–Crippen MR) is 110 cm³/mol. The van der Waals surface area contributed by atoms with Crippen LogP contribution >= 0.6 is 0 Å². The summed E-state index contributed by atoms with van der Waals surface area (Å²) in [5, 5.41) is 6.21. The Hall–Kier alpha value is -2.95. The van der Waals surface area contributed by atoms with E-state index in [1.54, 1.807) is 0 Å². The average Bonchev–Trinajstić information content (AvgIpc) is 2.65. The fraction of sp³-hybridized carbons (Fsp3) is 0.273. The Bertz CT molecular complexity index is 922. The fourth-order valence-electron chi connectivity index (χ4n) is 2.73. The lowest BCUT2D eigenvalue weighted by atomic mass is 10.0. The van der Waals surface area contributed by atoms with Crippen molar-refractivity contribution < 1.29 is 4.39 Å². The van der Waals surface area contributed by atoms with Gasteiger partial charge in [0.2, 0.25) is 5.95 Å². The molecule has 0 saturated carbocycles. The van der Waals surface area contributed by atoms with Gasteiger partial charge in [0.05, 0.1) is 6.20 Å². The van der Waals surface area contributed by atoms with Crippen LogP contribution in [0.1, 0.15) is 50.7 Å². The van der Waals surface area contributed by atoms with Crippen LogP contribution in [0.25, 0.3) is 0 Å². The monoisotopic (exact) mass is 364 g/mol. The Morgan fingerprint density at radius 3 is 1.93 bits per heavy atom. The second kappa shape index (κ2) is 8.16. The molecule has 0 atom stereocenters. The van der Waals surface area contributed by atoms with Crippen LogP contribution in [0.3, 0.4) is 0 Å². The molecule has 3 aromatic rings. The zero-order chi connectivity index (χ0) is 19.4. The van der Waals surface area contributed by atoms with Gasteiger partial charge in [-0.05, 0) is 47.2 Å². The summed E-state index contributed by atoms with van der Waals surface area (Å²) in [5.41, 5.74) is 4.07. The van der Waals surface area contributed by atoms with E-state index in [0.717, 1.165) is 11.4 Å². The Morgan fingerprint density at radius 1 is 0.815 bits per heavy atom. The number of rotatable bonds is 6. The van der Waals surface area contributed by atoms with Crippen molar-refractivity contribution in [3.05, 3.63) is 71.7 Å². The smallest absolute Gasteiger partial charge is 0.229 e. The maximum absolute atomic E-state index is 14.2. The highest BCUT2D eigenvalue weighted by Gasteiger charge is 2.09. The number of nitrogens with one attached hydrogen (secondary N) is 2. The van der Waals surface area contributed by atoms with Crippen LogP contribution in [-0.2, 0) is 0 Å². The molecule has 2 N–H and O–H groups in total. The molecule has 0 spiro atoms. The summed E-state index contributed by atoms with van der Waals surface area (Å²) < 4.78 is 14.2. The molecule has 1 aromatic heterocycles. The fourth-order valence-corrected chi connectivity index (χ4v) is 2.73. The first-order valence-electron chi connectivity index (χ1n) is 9.19. The lowest BCUT2D eigenvalue weighted by Gasteiger charge is -2.12. The molecule has 0 bridgehead atoms. The summed E-state index contributed by atoms with van der Waals surface area (Å²) in [6.07, 6.45) is 1.18. The van der Waals surface area contributed by atoms with Gasteiger partial charge < -0.3 is 10.6 Å². The highest BCUT2D eigenvalue weighted by molar-refractivity contribution is 5.61. The maximum Gasteiger partial charge on any atom is 0.229 e. The summed E-state index contributed by atoms with van der Waals surface area (Å²) in [5.74, 6) is 0.818. The van der Waals surface area contributed by atoms with Gasteiger partial charge in [-0.25, -0.2) is 9.37 Å². The van der Waals surface area contributed by atoms with E-state index in [0.29, 0.717) is 17.8 Å². The van der Waals surface area contributed by atoms with Gasteiger partial charge in [-0.3, -0.25) is 0 Å². The third-order valence-corrected chi connectivity index (χ3v) is 4.37. The molecule has 2 aromatic carbocycles. The molecular formula is C22H25FN4. The number of nitrogens with zero attached hydrogens (tertiary/aromatic N) is 2. The molecular weight excluding hydrogens is 339 g/mol. The summed E-state index contributed by atoms with van der Waals surface area (Å²) in [6, 6.07) is 16.0. The Balaban J connectivity index is 1.82. The minimum Gasteiger partial charge on any atom is -0.338 e. The Kier molecular flexibility index (Phi) is 5.69. The molecule has 0 aliphatic rings. The first-order chi connectivity index (χ1) is 12.9. The van der Waals surface area contributed by atoms with Crippen molar-refractivity contribution in [2.45, 2.75) is 39.5 Å². The molecule has 0 fully saturated rings. The number of anilines is 4. The van der Waals surface area contributed by atoms with Crippen LogP contribution in [0.2, 0.25) is 0 Å². The molecule has 140 valence electrons. The average molecular weight is 364 g/mol. The first kappa shape index (κ1) is 18.8. The first-order valence-corrected chi connectivity index (χ1v) is 9.19. The molecule has 4 nitrogen and oxygen atoms in total. The van der Waals surface area contributed by atoms with Crippen molar-refractivity contribution in [2.75, 3.05) is 10.6 Å². The maximum atomic E-state index is 14.2. The van der Waals surface area contributed by atoms with Gasteiger partial charge in [-0.15, -0.1) is 0 Å². The van der Waals surface area contributed by atoms with E-state index < -0.39 is 5.82 Å². The van der Waals surface area contributed by atoms with E-state index >= 15 is 0 Å². The molecule has 0 aliphatic heterocycles. The molecule has 0 saturated heterocycles. The summed E-state index contributed by atoms with van der Waals surface area (Å²) in [4.78, 5) is 8.36. The van der Waals surface area contributed by atoms with Crippen LogP contribution in [0, 0.1) is 5.82 Å². The molecule has 0 radical (unpaired) electrons. The van der Waals surface area contributed by atoms with E-state index in [-0.39, 0.29) is 5.82 Å². The zero-order valence-electron chi connectivity index (χ0n) is 16.1. The van der Waals surface area contributed by atoms with Crippen LogP contribution in [-0.4, -0.2) is 9.97 Å². The van der Waals surface area contributed by atoms with Gasteiger partial charge in [0.15, 0.2) is 11.6 Å². The second-order valence-electron chi connectivity index (χ2n) is 7.20. The van der Waals surface area contributed by atoms with Crippen molar-refractivity contribution in [3.63, 3.8) is 0 Å². The number of benzene rings is 2. The molecule has 5 heteroatoms. The number of hydrogen-bond donors (Lipinski definition) is 2.